The first-order valence-corrected chi connectivity index (χ1v) is 12.0. The molecule has 1 fully saturated rings. The molecule has 0 atom stereocenters. The Bertz CT molecular complexity index is 1240. The molecule has 0 saturated carbocycles. The van der Waals surface area contributed by atoms with Crippen molar-refractivity contribution in [1.82, 2.24) is 10.3 Å². The molecule has 0 radical (unpaired) electrons. The standard InChI is InChI=1S/C24H23F6N3O3S/c1-35-19-10-14(11-20-21(34)32-22(37-20)33-8-6-31-7-9-33)2-5-18(19)36-13-15-3-4-16(23(25,26)27)12-17(15)24(28,29)30/h2-5,10,12,31,34H,6-9,11,13H2,1H3. The van der Waals surface area contributed by atoms with Crippen LogP contribution in [0.15, 0.2) is 36.4 Å². The number of alkyl halides is 6. The van der Waals surface area contributed by atoms with Crippen LogP contribution in [-0.4, -0.2) is 43.4 Å². The van der Waals surface area contributed by atoms with Crippen molar-refractivity contribution in [2.75, 3.05) is 38.2 Å². The van der Waals surface area contributed by atoms with Crippen LogP contribution in [0.5, 0.6) is 17.4 Å². The van der Waals surface area contributed by atoms with E-state index in [1.165, 1.54) is 24.5 Å². The maximum absolute atomic E-state index is 13.4. The number of nitrogens with one attached hydrogen (secondary N) is 1. The molecule has 13 heteroatoms. The Hall–Kier alpha value is -3.19. The van der Waals surface area contributed by atoms with Crippen LogP contribution in [0, 0.1) is 0 Å². The first-order valence-electron chi connectivity index (χ1n) is 11.2. The predicted octanol–water partition coefficient (Wildman–Crippen LogP) is 5.47. The second kappa shape index (κ2) is 10.7. The van der Waals surface area contributed by atoms with Gasteiger partial charge in [-0.2, -0.15) is 31.3 Å². The van der Waals surface area contributed by atoms with Gasteiger partial charge in [0.25, 0.3) is 0 Å². The van der Waals surface area contributed by atoms with Gasteiger partial charge in [-0.25, -0.2) is 0 Å². The minimum absolute atomic E-state index is 0.0696. The first-order chi connectivity index (χ1) is 17.5. The van der Waals surface area contributed by atoms with E-state index in [1.54, 1.807) is 12.1 Å². The molecule has 1 aliphatic heterocycles. The van der Waals surface area contributed by atoms with Crippen molar-refractivity contribution in [1.29, 1.82) is 0 Å². The van der Waals surface area contributed by atoms with Gasteiger partial charge in [0.05, 0.1) is 23.1 Å². The van der Waals surface area contributed by atoms with Crippen LogP contribution in [0.2, 0.25) is 0 Å². The van der Waals surface area contributed by atoms with Crippen LogP contribution < -0.4 is 19.7 Å². The number of thiazole rings is 1. The van der Waals surface area contributed by atoms with Crippen molar-refractivity contribution in [2.45, 2.75) is 25.4 Å². The summed E-state index contributed by atoms with van der Waals surface area (Å²) in [4.78, 5) is 6.98. The summed E-state index contributed by atoms with van der Waals surface area (Å²) >= 11 is 1.37. The van der Waals surface area contributed by atoms with Crippen LogP contribution in [0.25, 0.3) is 0 Å². The smallest absolute Gasteiger partial charge is 0.416 e. The largest absolute Gasteiger partial charge is 0.493 e. The molecule has 2 aromatic carbocycles. The Morgan fingerprint density at radius 1 is 1.00 bits per heavy atom. The topological polar surface area (TPSA) is 66.9 Å². The van der Waals surface area contributed by atoms with E-state index in [-0.39, 0.29) is 23.4 Å². The number of halogens is 6. The van der Waals surface area contributed by atoms with Gasteiger partial charge in [0.15, 0.2) is 16.6 Å². The normalized spacial score (nSPS) is 14.6. The van der Waals surface area contributed by atoms with Crippen LogP contribution >= 0.6 is 11.3 Å². The van der Waals surface area contributed by atoms with Crippen LogP contribution in [0.3, 0.4) is 0 Å². The predicted molar refractivity (Wildman–Crippen MR) is 125 cm³/mol. The quantitative estimate of drug-likeness (QED) is 0.383. The van der Waals surface area contributed by atoms with E-state index >= 15 is 0 Å². The van der Waals surface area contributed by atoms with Gasteiger partial charge in [0, 0.05) is 38.2 Å². The number of aromatic hydroxyl groups is 1. The third kappa shape index (κ3) is 6.39. The number of nitrogens with zero attached hydrogens (tertiary/aromatic N) is 2. The third-order valence-electron chi connectivity index (χ3n) is 5.77. The molecule has 200 valence electrons. The van der Waals surface area contributed by atoms with Crippen LogP contribution in [0.4, 0.5) is 31.5 Å². The zero-order valence-corrected chi connectivity index (χ0v) is 20.4. The molecule has 0 spiro atoms. The Labute approximate surface area is 212 Å². The summed E-state index contributed by atoms with van der Waals surface area (Å²) < 4.78 is 89.8. The molecule has 37 heavy (non-hydrogen) atoms. The van der Waals surface area contributed by atoms with E-state index in [9.17, 15) is 31.4 Å². The summed E-state index contributed by atoms with van der Waals surface area (Å²) in [6.07, 6.45) is -9.56. The van der Waals surface area contributed by atoms with Gasteiger partial charge in [0.2, 0.25) is 5.88 Å². The molecule has 0 amide bonds. The van der Waals surface area contributed by atoms with Gasteiger partial charge in [0.1, 0.15) is 6.61 Å². The number of ether oxygens (including phenoxy) is 2. The maximum atomic E-state index is 13.4. The van der Waals surface area contributed by atoms with Crippen molar-refractivity contribution < 1.29 is 40.9 Å². The molecule has 0 aliphatic carbocycles. The molecule has 0 bridgehead atoms. The summed E-state index contributed by atoms with van der Waals surface area (Å²) in [5, 5.41) is 14.3. The highest BCUT2D eigenvalue weighted by Crippen LogP contribution is 2.39. The number of piperazine rings is 1. The fourth-order valence-electron chi connectivity index (χ4n) is 3.86. The van der Waals surface area contributed by atoms with Gasteiger partial charge in [-0.3, -0.25) is 0 Å². The van der Waals surface area contributed by atoms with E-state index in [4.69, 9.17) is 9.47 Å². The molecule has 1 aliphatic rings. The number of hydrogen-bond acceptors (Lipinski definition) is 7. The maximum Gasteiger partial charge on any atom is 0.416 e. The number of anilines is 1. The molecule has 1 saturated heterocycles. The Morgan fingerprint density at radius 3 is 2.38 bits per heavy atom. The Morgan fingerprint density at radius 2 is 1.73 bits per heavy atom. The highest BCUT2D eigenvalue weighted by Gasteiger charge is 2.38. The lowest BCUT2D eigenvalue weighted by Crippen LogP contribution is -2.43. The van der Waals surface area contributed by atoms with Gasteiger partial charge >= 0.3 is 12.4 Å². The lowest BCUT2D eigenvalue weighted by molar-refractivity contribution is -0.143. The number of rotatable bonds is 7. The van der Waals surface area contributed by atoms with Crippen molar-refractivity contribution >= 4 is 16.5 Å². The zero-order valence-electron chi connectivity index (χ0n) is 19.5. The van der Waals surface area contributed by atoms with E-state index < -0.39 is 35.6 Å². The highest BCUT2D eigenvalue weighted by molar-refractivity contribution is 7.15. The van der Waals surface area contributed by atoms with Crippen molar-refractivity contribution in [3.63, 3.8) is 0 Å². The highest BCUT2D eigenvalue weighted by atomic mass is 32.1. The molecular formula is C24H23F6N3O3S. The minimum atomic E-state index is -4.99. The molecule has 1 aromatic heterocycles. The molecule has 0 unspecified atom stereocenters. The molecule has 4 rings (SSSR count). The average Bonchev–Trinajstić information content (AvgIpc) is 3.22. The van der Waals surface area contributed by atoms with Gasteiger partial charge < -0.3 is 24.8 Å². The van der Waals surface area contributed by atoms with E-state index in [2.05, 4.69) is 15.2 Å². The lowest BCUT2D eigenvalue weighted by Gasteiger charge is -2.26. The van der Waals surface area contributed by atoms with Gasteiger partial charge in [-0.1, -0.05) is 23.5 Å². The fourth-order valence-corrected chi connectivity index (χ4v) is 4.90. The summed E-state index contributed by atoms with van der Waals surface area (Å²) in [6.45, 7) is 2.59. The van der Waals surface area contributed by atoms with Crippen molar-refractivity contribution in [3.05, 3.63) is 63.5 Å². The minimum Gasteiger partial charge on any atom is -0.493 e. The van der Waals surface area contributed by atoms with Crippen molar-refractivity contribution in [2.24, 2.45) is 0 Å². The second-order valence-corrected chi connectivity index (χ2v) is 9.36. The number of methoxy groups -OCH3 is 1. The Balaban J connectivity index is 1.50. The molecule has 6 nitrogen and oxygen atoms in total. The number of hydrogen-bond donors (Lipinski definition) is 2. The average molecular weight is 548 g/mol. The lowest BCUT2D eigenvalue weighted by atomic mass is 10.0. The monoisotopic (exact) mass is 547 g/mol. The van der Waals surface area contributed by atoms with Crippen LogP contribution in [-0.2, 0) is 25.4 Å². The summed E-state index contributed by atoms with van der Waals surface area (Å²) in [5.41, 5.74) is -2.52. The number of aromatic nitrogens is 1. The molecular weight excluding hydrogens is 524 g/mol. The summed E-state index contributed by atoms with van der Waals surface area (Å²) in [6, 6.07) is 6.21. The molecule has 2 heterocycles. The van der Waals surface area contributed by atoms with E-state index in [1.807, 2.05) is 0 Å². The van der Waals surface area contributed by atoms with Crippen LogP contribution in [0.1, 0.15) is 27.1 Å². The summed E-state index contributed by atoms with van der Waals surface area (Å²) in [5.74, 6) is 0.276. The third-order valence-corrected chi connectivity index (χ3v) is 6.88. The van der Waals surface area contributed by atoms with Crippen molar-refractivity contribution in [3.8, 4) is 17.4 Å². The van der Waals surface area contributed by atoms with E-state index in [0.29, 0.717) is 17.4 Å². The number of benzene rings is 2. The van der Waals surface area contributed by atoms with E-state index in [0.717, 1.165) is 42.9 Å². The first kappa shape index (κ1) is 26.9. The SMILES string of the molecule is COc1cc(Cc2sc(N3CCNCC3)nc2O)ccc1OCc1ccc(C(F)(F)F)cc1C(F)(F)F. The fraction of sp³-hybridized carbons (Fsp3) is 0.375. The molecule has 2 N–H and O–H groups in total. The van der Waals surface area contributed by atoms with Gasteiger partial charge in [-0.15, -0.1) is 0 Å². The second-order valence-electron chi connectivity index (χ2n) is 8.30. The molecule has 3 aromatic rings. The summed E-state index contributed by atoms with van der Waals surface area (Å²) in [7, 11) is 1.36. The Kier molecular flexibility index (Phi) is 7.74. The zero-order chi connectivity index (χ0) is 26.8. The van der Waals surface area contributed by atoms with Gasteiger partial charge in [-0.05, 0) is 29.8 Å².